The summed E-state index contributed by atoms with van der Waals surface area (Å²) in [6.07, 6.45) is 1.36. The summed E-state index contributed by atoms with van der Waals surface area (Å²) in [4.78, 5) is 13.1. The molecule has 2 bridgehead atoms. The van der Waals surface area contributed by atoms with E-state index in [1.165, 1.54) is 4.90 Å². The zero-order valence-electron chi connectivity index (χ0n) is 10.1. The third-order valence-corrected chi connectivity index (χ3v) is 4.24. The average molecular weight is 275 g/mol. The Labute approximate surface area is 106 Å². The summed E-state index contributed by atoms with van der Waals surface area (Å²) in [5.74, 6) is -0.161. The number of urea groups is 1. The van der Waals surface area contributed by atoms with Crippen molar-refractivity contribution < 1.29 is 13.2 Å². The standard InChI is InChI=1S/C9H17N5O3S/c1-2-11-18(16,17)13-8(10)7-4-3-6-5-14(7)9(15)12-6/h6-7,11H,2-5H2,1H3,(H2,10,13)(H,12,15). The normalized spacial score (nSPS) is 26.9. The number of carbonyl (C=O) groups excluding carboxylic acids is 1. The van der Waals surface area contributed by atoms with Gasteiger partial charge in [0.25, 0.3) is 10.2 Å². The van der Waals surface area contributed by atoms with Gasteiger partial charge in [0.15, 0.2) is 0 Å². The molecule has 2 rings (SSSR count). The first-order valence-corrected chi connectivity index (χ1v) is 7.34. The van der Waals surface area contributed by atoms with Crippen molar-refractivity contribution in [3.05, 3.63) is 0 Å². The summed E-state index contributed by atoms with van der Waals surface area (Å²) < 4.78 is 27.4. The minimum absolute atomic E-state index is 0.131. The Morgan fingerprint density at radius 2 is 2.28 bits per heavy atom. The largest absolute Gasteiger partial charge is 0.333 e. The molecule has 8 nitrogen and oxygen atoms in total. The topological polar surface area (TPSA) is 114 Å². The van der Waals surface area contributed by atoms with Crippen molar-refractivity contribution in [2.45, 2.75) is 31.8 Å². The number of hydrogen-bond donors (Lipinski definition) is 4. The predicted molar refractivity (Wildman–Crippen MR) is 65.5 cm³/mol. The van der Waals surface area contributed by atoms with Crippen LogP contribution in [0.4, 0.5) is 4.79 Å². The number of hydrogen-bond acceptors (Lipinski definition) is 4. The number of amidine groups is 1. The predicted octanol–water partition coefficient (Wildman–Crippen LogP) is -1.04. The Morgan fingerprint density at radius 1 is 1.56 bits per heavy atom. The Hall–Kier alpha value is -1.35. The van der Waals surface area contributed by atoms with Crippen LogP contribution in [-0.4, -0.2) is 50.4 Å². The quantitative estimate of drug-likeness (QED) is 0.388. The van der Waals surface area contributed by atoms with Crippen LogP contribution in [0.2, 0.25) is 0 Å². The van der Waals surface area contributed by atoms with Gasteiger partial charge in [-0.2, -0.15) is 13.1 Å². The van der Waals surface area contributed by atoms with Crippen molar-refractivity contribution >= 4 is 22.1 Å². The van der Waals surface area contributed by atoms with Gasteiger partial charge in [-0.15, -0.1) is 0 Å². The molecule has 0 aliphatic carbocycles. The lowest BCUT2D eigenvalue weighted by atomic mass is 10.0. The smallest absolute Gasteiger partial charge is 0.318 e. The molecule has 0 aromatic rings. The van der Waals surface area contributed by atoms with E-state index in [1.54, 1.807) is 6.92 Å². The average Bonchev–Trinajstić information content (AvgIpc) is 2.53. The molecule has 0 radical (unpaired) electrons. The molecule has 2 aliphatic rings. The van der Waals surface area contributed by atoms with Crippen LogP contribution in [-0.2, 0) is 10.2 Å². The van der Waals surface area contributed by atoms with E-state index in [1.807, 2.05) is 0 Å². The second kappa shape index (κ2) is 4.73. The maximum Gasteiger partial charge on any atom is 0.318 e. The van der Waals surface area contributed by atoms with Gasteiger partial charge in [0.1, 0.15) is 5.84 Å². The van der Waals surface area contributed by atoms with Crippen LogP contribution < -0.4 is 14.8 Å². The van der Waals surface area contributed by atoms with E-state index in [2.05, 4.69) is 14.8 Å². The molecular formula is C9H17N5O3S. The van der Waals surface area contributed by atoms with Gasteiger partial charge in [0, 0.05) is 19.1 Å². The summed E-state index contributed by atoms with van der Waals surface area (Å²) in [5, 5.41) is 10.6. The van der Waals surface area contributed by atoms with Crippen LogP contribution in [0.3, 0.4) is 0 Å². The molecule has 0 saturated carbocycles. The number of carbonyl (C=O) groups is 1. The molecule has 2 heterocycles. The van der Waals surface area contributed by atoms with Gasteiger partial charge < -0.3 is 10.2 Å². The van der Waals surface area contributed by atoms with Crippen molar-refractivity contribution in [1.29, 1.82) is 5.41 Å². The molecule has 2 amide bonds. The van der Waals surface area contributed by atoms with Gasteiger partial charge in [-0.25, -0.2) is 4.79 Å². The van der Waals surface area contributed by atoms with Gasteiger partial charge >= 0.3 is 6.03 Å². The number of rotatable bonds is 4. The Kier molecular flexibility index (Phi) is 3.44. The molecular weight excluding hydrogens is 258 g/mol. The fourth-order valence-electron chi connectivity index (χ4n) is 2.31. The van der Waals surface area contributed by atoms with E-state index in [4.69, 9.17) is 5.41 Å². The van der Waals surface area contributed by atoms with E-state index in [9.17, 15) is 13.2 Å². The third kappa shape index (κ3) is 2.56. The number of nitrogens with one attached hydrogen (secondary N) is 4. The van der Waals surface area contributed by atoms with E-state index in [0.717, 1.165) is 6.42 Å². The zero-order valence-corrected chi connectivity index (χ0v) is 10.9. The molecule has 0 aromatic heterocycles. The fourth-order valence-corrected chi connectivity index (χ4v) is 3.19. The molecule has 4 N–H and O–H groups in total. The van der Waals surface area contributed by atoms with Crippen LogP contribution >= 0.6 is 0 Å². The van der Waals surface area contributed by atoms with E-state index >= 15 is 0 Å². The molecule has 2 fully saturated rings. The summed E-state index contributed by atoms with van der Waals surface area (Å²) in [6, 6.07) is -0.584. The molecule has 0 spiro atoms. The zero-order chi connectivity index (χ0) is 13.3. The van der Waals surface area contributed by atoms with Gasteiger partial charge in [-0.1, -0.05) is 6.92 Å². The monoisotopic (exact) mass is 275 g/mol. The summed E-state index contributed by atoms with van der Waals surface area (Å²) in [7, 11) is -3.70. The first-order chi connectivity index (χ1) is 8.43. The van der Waals surface area contributed by atoms with Crippen LogP contribution in [0.15, 0.2) is 0 Å². The first kappa shape index (κ1) is 13.1. The number of amides is 2. The van der Waals surface area contributed by atoms with Gasteiger partial charge in [0.2, 0.25) is 0 Å². The van der Waals surface area contributed by atoms with Gasteiger partial charge in [-0.05, 0) is 12.8 Å². The number of nitrogens with zero attached hydrogens (tertiary/aromatic N) is 1. The van der Waals surface area contributed by atoms with Crippen LogP contribution in [0.5, 0.6) is 0 Å². The minimum atomic E-state index is -3.70. The SMILES string of the molecule is CCNS(=O)(=O)NC(=N)C1CCC2CN1C(=O)N2. The third-order valence-electron chi connectivity index (χ3n) is 3.08. The Morgan fingerprint density at radius 3 is 2.94 bits per heavy atom. The molecule has 18 heavy (non-hydrogen) atoms. The van der Waals surface area contributed by atoms with E-state index in [0.29, 0.717) is 13.0 Å². The number of fused-ring (bicyclic) bond motifs is 2. The maximum atomic E-state index is 11.6. The number of piperidine rings is 1. The molecule has 2 saturated heterocycles. The highest BCUT2D eigenvalue weighted by Gasteiger charge is 2.40. The highest BCUT2D eigenvalue weighted by atomic mass is 32.2. The van der Waals surface area contributed by atoms with Crippen LogP contribution in [0.25, 0.3) is 0 Å². The second-order valence-corrected chi connectivity index (χ2v) is 5.91. The summed E-state index contributed by atoms with van der Waals surface area (Å²) >= 11 is 0. The van der Waals surface area contributed by atoms with Crippen molar-refractivity contribution in [3.8, 4) is 0 Å². The molecule has 0 aromatic carbocycles. The summed E-state index contributed by atoms with van der Waals surface area (Å²) in [5.41, 5.74) is 0. The van der Waals surface area contributed by atoms with Crippen molar-refractivity contribution in [2.75, 3.05) is 13.1 Å². The molecule has 102 valence electrons. The van der Waals surface area contributed by atoms with E-state index in [-0.39, 0.29) is 24.5 Å². The van der Waals surface area contributed by atoms with Crippen molar-refractivity contribution in [3.63, 3.8) is 0 Å². The lowest BCUT2D eigenvalue weighted by Gasteiger charge is -2.31. The molecule has 2 aliphatic heterocycles. The van der Waals surface area contributed by atoms with E-state index < -0.39 is 16.3 Å². The van der Waals surface area contributed by atoms with Crippen LogP contribution in [0.1, 0.15) is 19.8 Å². The minimum Gasteiger partial charge on any atom is -0.333 e. The first-order valence-electron chi connectivity index (χ1n) is 5.86. The fraction of sp³-hybridized carbons (Fsp3) is 0.778. The maximum absolute atomic E-state index is 11.6. The van der Waals surface area contributed by atoms with Crippen LogP contribution in [0, 0.1) is 5.41 Å². The van der Waals surface area contributed by atoms with Crippen molar-refractivity contribution in [2.24, 2.45) is 0 Å². The lowest BCUT2D eigenvalue weighted by Crippen LogP contribution is -2.52. The second-order valence-electron chi connectivity index (χ2n) is 4.41. The van der Waals surface area contributed by atoms with Crippen molar-refractivity contribution in [1.82, 2.24) is 19.7 Å². The lowest BCUT2D eigenvalue weighted by molar-refractivity contribution is 0.203. The molecule has 2 atom stereocenters. The highest BCUT2D eigenvalue weighted by Crippen LogP contribution is 2.23. The van der Waals surface area contributed by atoms with Gasteiger partial charge in [0.05, 0.1) is 6.04 Å². The highest BCUT2D eigenvalue weighted by molar-refractivity contribution is 7.88. The Bertz CT molecular complexity index is 463. The molecule has 2 unspecified atom stereocenters. The Balaban J connectivity index is 2.03. The molecule has 9 heteroatoms. The van der Waals surface area contributed by atoms with Gasteiger partial charge in [-0.3, -0.25) is 10.1 Å². The summed E-state index contributed by atoms with van der Waals surface area (Å²) in [6.45, 7) is 2.44.